The van der Waals surface area contributed by atoms with E-state index < -0.39 is 10.0 Å². The van der Waals surface area contributed by atoms with Crippen molar-refractivity contribution in [2.45, 2.75) is 37.2 Å². The summed E-state index contributed by atoms with van der Waals surface area (Å²) in [5.41, 5.74) is 6.02. The summed E-state index contributed by atoms with van der Waals surface area (Å²) in [7, 11) is -3.67. The van der Waals surface area contributed by atoms with Gasteiger partial charge in [0.1, 0.15) is 0 Å². The molecule has 0 saturated heterocycles. The van der Waals surface area contributed by atoms with Crippen molar-refractivity contribution in [2.75, 3.05) is 0 Å². The lowest BCUT2D eigenvalue weighted by Gasteiger charge is -2.19. The average Bonchev–Trinajstić information content (AvgIpc) is 2.26. The number of carbonyl (C=O) groups excluding carboxylic acids is 1. The lowest BCUT2D eigenvalue weighted by atomic mass is 10.1. The first-order valence-corrected chi connectivity index (χ1v) is 7.42. The second-order valence-electron chi connectivity index (χ2n) is 4.57. The Morgan fingerprint density at radius 3 is 2.21 bits per heavy atom. The van der Waals surface area contributed by atoms with E-state index >= 15 is 0 Å². The molecule has 1 aromatic rings. The van der Waals surface area contributed by atoms with E-state index in [1.165, 1.54) is 12.1 Å². The van der Waals surface area contributed by atoms with E-state index in [0.717, 1.165) is 5.56 Å². The van der Waals surface area contributed by atoms with Crippen molar-refractivity contribution in [3.8, 4) is 0 Å². The summed E-state index contributed by atoms with van der Waals surface area (Å²) in [5.74, 6) is -0.364. The Kier molecular flexibility index (Phi) is 5.04. The van der Waals surface area contributed by atoms with Crippen LogP contribution in [0, 0.1) is 0 Å². The van der Waals surface area contributed by atoms with Gasteiger partial charge < -0.3 is 11.1 Å². The van der Waals surface area contributed by atoms with Gasteiger partial charge in [0.15, 0.2) is 0 Å². The molecule has 106 valence electrons. The van der Waals surface area contributed by atoms with Crippen LogP contribution in [-0.4, -0.2) is 20.4 Å². The Hall–Kier alpha value is -1.44. The number of hydrogen-bond donors (Lipinski definition) is 3. The van der Waals surface area contributed by atoms with Crippen molar-refractivity contribution in [3.05, 3.63) is 29.8 Å². The van der Waals surface area contributed by atoms with E-state index in [0.29, 0.717) is 0 Å². The second kappa shape index (κ2) is 6.14. The number of amides is 1. The van der Waals surface area contributed by atoms with Crippen LogP contribution in [-0.2, 0) is 14.8 Å². The Balaban J connectivity index is 2.73. The molecule has 1 rings (SSSR count). The van der Waals surface area contributed by atoms with Crippen molar-refractivity contribution >= 4 is 15.9 Å². The maximum atomic E-state index is 11.1. The number of primary sulfonamides is 1. The highest BCUT2D eigenvalue weighted by atomic mass is 32.2. The molecule has 0 aromatic heterocycles. The fraction of sp³-hybridized carbons (Fsp3) is 0.417. The van der Waals surface area contributed by atoms with Crippen LogP contribution in [0.4, 0.5) is 0 Å². The molecule has 0 spiro atoms. The molecule has 0 fully saturated rings. The summed E-state index contributed by atoms with van der Waals surface area (Å²) in [6.07, 6.45) is 0.250. The SMILES string of the molecule is CC(CC(N)=O)NC(C)c1ccc(S(N)(=O)=O)cc1. The second-order valence-corrected chi connectivity index (χ2v) is 6.14. The van der Waals surface area contributed by atoms with Gasteiger partial charge in [0, 0.05) is 18.5 Å². The lowest BCUT2D eigenvalue weighted by molar-refractivity contribution is -0.118. The van der Waals surface area contributed by atoms with Gasteiger partial charge in [-0.3, -0.25) is 4.79 Å². The highest BCUT2D eigenvalue weighted by Crippen LogP contribution is 2.16. The smallest absolute Gasteiger partial charge is 0.238 e. The van der Waals surface area contributed by atoms with Crippen molar-refractivity contribution in [1.29, 1.82) is 0 Å². The number of nitrogens with two attached hydrogens (primary N) is 2. The summed E-state index contributed by atoms with van der Waals surface area (Å²) in [6, 6.07) is 6.22. The van der Waals surface area contributed by atoms with Gasteiger partial charge in [0.25, 0.3) is 0 Å². The van der Waals surface area contributed by atoms with Gasteiger partial charge in [-0.15, -0.1) is 0 Å². The molecule has 19 heavy (non-hydrogen) atoms. The number of rotatable bonds is 6. The Labute approximate surface area is 113 Å². The van der Waals surface area contributed by atoms with E-state index in [1.54, 1.807) is 12.1 Å². The third-order valence-corrected chi connectivity index (χ3v) is 3.68. The number of hydrogen-bond acceptors (Lipinski definition) is 4. The summed E-state index contributed by atoms with van der Waals surface area (Å²) in [6.45, 7) is 3.78. The summed E-state index contributed by atoms with van der Waals surface area (Å²) < 4.78 is 22.2. The molecule has 1 aromatic carbocycles. The van der Waals surface area contributed by atoms with Gasteiger partial charge in [0.2, 0.25) is 15.9 Å². The van der Waals surface area contributed by atoms with Crippen LogP contribution in [0.1, 0.15) is 31.9 Å². The number of benzene rings is 1. The molecule has 1 amide bonds. The fourth-order valence-electron chi connectivity index (χ4n) is 1.83. The van der Waals surface area contributed by atoms with Crippen LogP contribution in [0.3, 0.4) is 0 Å². The standard InChI is InChI=1S/C12H19N3O3S/c1-8(7-12(13)16)15-9(2)10-3-5-11(6-4-10)19(14,17)18/h3-6,8-9,15H,7H2,1-2H3,(H2,13,16)(H2,14,17,18). The zero-order valence-electron chi connectivity index (χ0n) is 11.0. The highest BCUT2D eigenvalue weighted by Gasteiger charge is 2.13. The van der Waals surface area contributed by atoms with Crippen LogP contribution in [0.25, 0.3) is 0 Å². The molecular formula is C12H19N3O3S. The zero-order chi connectivity index (χ0) is 14.6. The quantitative estimate of drug-likeness (QED) is 0.694. The number of nitrogens with one attached hydrogen (secondary N) is 1. The van der Waals surface area contributed by atoms with Crippen LogP contribution in [0.5, 0.6) is 0 Å². The normalized spacial score (nSPS) is 14.9. The number of primary amides is 1. The molecule has 0 radical (unpaired) electrons. The molecule has 0 aliphatic heterocycles. The highest BCUT2D eigenvalue weighted by molar-refractivity contribution is 7.89. The first kappa shape index (κ1) is 15.6. The van der Waals surface area contributed by atoms with Crippen LogP contribution in [0.15, 0.2) is 29.2 Å². The molecule has 2 atom stereocenters. The molecule has 0 aliphatic carbocycles. The predicted molar refractivity (Wildman–Crippen MR) is 72.6 cm³/mol. The van der Waals surface area contributed by atoms with Crippen molar-refractivity contribution in [3.63, 3.8) is 0 Å². The van der Waals surface area contributed by atoms with E-state index in [2.05, 4.69) is 5.32 Å². The minimum Gasteiger partial charge on any atom is -0.370 e. The van der Waals surface area contributed by atoms with Crippen molar-refractivity contribution < 1.29 is 13.2 Å². The topological polar surface area (TPSA) is 115 Å². The van der Waals surface area contributed by atoms with Crippen LogP contribution >= 0.6 is 0 Å². The monoisotopic (exact) mass is 285 g/mol. The van der Waals surface area contributed by atoms with Crippen molar-refractivity contribution in [1.82, 2.24) is 5.32 Å². The van der Waals surface area contributed by atoms with Gasteiger partial charge in [-0.05, 0) is 31.5 Å². The minimum absolute atomic E-state index is 0.0242. The molecule has 2 unspecified atom stereocenters. The van der Waals surface area contributed by atoms with Gasteiger partial charge in [0.05, 0.1) is 4.90 Å². The number of carbonyl (C=O) groups is 1. The molecule has 0 aliphatic rings. The minimum atomic E-state index is -3.67. The molecule has 6 nitrogen and oxygen atoms in total. The van der Waals surface area contributed by atoms with Gasteiger partial charge in [-0.2, -0.15) is 0 Å². The maximum absolute atomic E-state index is 11.1. The van der Waals surface area contributed by atoms with Crippen molar-refractivity contribution in [2.24, 2.45) is 10.9 Å². The number of sulfonamides is 1. The van der Waals surface area contributed by atoms with Gasteiger partial charge >= 0.3 is 0 Å². The summed E-state index contributed by atoms with van der Waals surface area (Å²) in [4.78, 5) is 10.9. The zero-order valence-corrected chi connectivity index (χ0v) is 11.8. The van der Waals surface area contributed by atoms with E-state index in [4.69, 9.17) is 10.9 Å². The fourth-order valence-corrected chi connectivity index (χ4v) is 2.35. The molecule has 0 heterocycles. The predicted octanol–water partition coefficient (Wildman–Crippen LogP) is 0.249. The summed E-state index contributed by atoms with van der Waals surface area (Å²) in [5, 5.41) is 8.23. The third-order valence-electron chi connectivity index (χ3n) is 2.75. The Bertz CT molecular complexity index is 540. The molecule has 0 bridgehead atoms. The molecule has 0 saturated carbocycles. The summed E-state index contributed by atoms with van der Waals surface area (Å²) >= 11 is 0. The molecular weight excluding hydrogens is 266 g/mol. The first-order chi connectivity index (χ1) is 8.70. The van der Waals surface area contributed by atoms with E-state index in [1.807, 2.05) is 13.8 Å². The maximum Gasteiger partial charge on any atom is 0.238 e. The van der Waals surface area contributed by atoms with Crippen LogP contribution in [0.2, 0.25) is 0 Å². The van der Waals surface area contributed by atoms with Gasteiger partial charge in [-0.1, -0.05) is 12.1 Å². The lowest BCUT2D eigenvalue weighted by Crippen LogP contribution is -2.32. The van der Waals surface area contributed by atoms with E-state index in [9.17, 15) is 13.2 Å². The van der Waals surface area contributed by atoms with E-state index in [-0.39, 0.29) is 29.3 Å². The Morgan fingerprint density at radius 1 is 1.26 bits per heavy atom. The molecule has 7 heteroatoms. The average molecular weight is 285 g/mol. The molecule has 5 N–H and O–H groups in total. The Morgan fingerprint density at radius 2 is 1.79 bits per heavy atom. The largest absolute Gasteiger partial charge is 0.370 e. The van der Waals surface area contributed by atoms with Crippen LogP contribution < -0.4 is 16.2 Å². The van der Waals surface area contributed by atoms with Gasteiger partial charge in [-0.25, -0.2) is 13.6 Å². The first-order valence-electron chi connectivity index (χ1n) is 5.87. The third kappa shape index (κ3) is 4.98.